The Morgan fingerprint density at radius 3 is 2.52 bits per heavy atom. The van der Waals surface area contributed by atoms with Gasteiger partial charge in [0.15, 0.2) is 0 Å². The number of hydrogen-bond donors (Lipinski definition) is 1. The van der Waals surface area contributed by atoms with Gasteiger partial charge in [-0.05, 0) is 50.1 Å². The molecule has 0 aliphatic carbocycles. The number of piperazine rings is 1. The van der Waals surface area contributed by atoms with Crippen molar-refractivity contribution >= 4 is 23.6 Å². The van der Waals surface area contributed by atoms with Crippen LogP contribution in [0.3, 0.4) is 0 Å². The molecule has 1 aliphatic rings. The fraction of sp³-hybridized carbons (Fsp3) is 0.360. The van der Waals surface area contributed by atoms with Crippen LogP contribution in [-0.4, -0.2) is 60.9 Å². The van der Waals surface area contributed by atoms with Crippen molar-refractivity contribution in [3.05, 3.63) is 65.2 Å². The van der Waals surface area contributed by atoms with Gasteiger partial charge in [-0.15, -0.1) is 0 Å². The Kier molecular flexibility index (Phi) is 7.84. The van der Waals surface area contributed by atoms with Crippen LogP contribution < -0.4 is 10.1 Å². The van der Waals surface area contributed by atoms with Crippen molar-refractivity contribution in [2.45, 2.75) is 20.8 Å². The van der Waals surface area contributed by atoms with E-state index in [-0.39, 0.29) is 11.8 Å². The van der Waals surface area contributed by atoms with Crippen molar-refractivity contribution < 1.29 is 14.3 Å². The maximum absolute atomic E-state index is 12.6. The Morgan fingerprint density at radius 1 is 1.03 bits per heavy atom. The van der Waals surface area contributed by atoms with E-state index in [2.05, 4.69) is 10.2 Å². The number of carbonyl (C=O) groups is 2. The summed E-state index contributed by atoms with van der Waals surface area (Å²) in [5, 5.41) is 3.00. The van der Waals surface area contributed by atoms with E-state index < -0.39 is 0 Å². The first-order valence-electron chi connectivity index (χ1n) is 10.7. The van der Waals surface area contributed by atoms with E-state index in [1.165, 1.54) is 0 Å². The van der Waals surface area contributed by atoms with Gasteiger partial charge in [0.25, 0.3) is 0 Å². The second-order valence-corrected chi connectivity index (χ2v) is 7.70. The van der Waals surface area contributed by atoms with Crippen LogP contribution in [0.2, 0.25) is 0 Å². The third-order valence-electron chi connectivity index (χ3n) is 5.55. The van der Waals surface area contributed by atoms with E-state index in [0.29, 0.717) is 39.3 Å². The molecule has 0 saturated carbocycles. The van der Waals surface area contributed by atoms with Gasteiger partial charge in [-0.3, -0.25) is 14.5 Å². The molecule has 0 spiro atoms. The second-order valence-electron chi connectivity index (χ2n) is 7.70. The topological polar surface area (TPSA) is 61.9 Å². The van der Waals surface area contributed by atoms with E-state index in [4.69, 9.17) is 4.74 Å². The Labute approximate surface area is 184 Å². The predicted octanol–water partition coefficient (Wildman–Crippen LogP) is 3.50. The zero-order chi connectivity index (χ0) is 22.2. The number of hydrogen-bond acceptors (Lipinski definition) is 4. The molecular formula is C25H31N3O3. The molecule has 1 N–H and O–H groups in total. The summed E-state index contributed by atoms with van der Waals surface area (Å²) in [4.78, 5) is 28.9. The number of rotatable bonds is 7. The summed E-state index contributed by atoms with van der Waals surface area (Å²) in [5.41, 5.74) is 3.99. The monoisotopic (exact) mass is 421 g/mol. The third-order valence-corrected chi connectivity index (χ3v) is 5.55. The van der Waals surface area contributed by atoms with E-state index in [0.717, 1.165) is 28.1 Å². The molecule has 6 heteroatoms. The molecule has 0 aromatic heterocycles. The summed E-state index contributed by atoms with van der Waals surface area (Å²) in [6.07, 6.45) is 3.40. The number of nitrogens with one attached hydrogen (secondary N) is 1. The maximum atomic E-state index is 12.6. The first kappa shape index (κ1) is 22.6. The molecule has 1 heterocycles. The molecule has 2 aromatic rings. The zero-order valence-corrected chi connectivity index (χ0v) is 18.6. The van der Waals surface area contributed by atoms with Crippen molar-refractivity contribution in [2.24, 2.45) is 0 Å². The molecule has 0 bridgehead atoms. The fourth-order valence-electron chi connectivity index (χ4n) is 3.58. The van der Waals surface area contributed by atoms with Crippen molar-refractivity contribution in [2.75, 3.05) is 44.6 Å². The average Bonchev–Trinajstić information content (AvgIpc) is 2.77. The van der Waals surface area contributed by atoms with Crippen LogP contribution in [0.15, 0.2) is 48.5 Å². The van der Waals surface area contributed by atoms with Gasteiger partial charge in [-0.2, -0.15) is 0 Å². The second kappa shape index (κ2) is 10.8. The third kappa shape index (κ3) is 6.18. The summed E-state index contributed by atoms with van der Waals surface area (Å²) in [7, 11) is 0. The minimum Gasteiger partial charge on any atom is -0.493 e. The summed E-state index contributed by atoms with van der Waals surface area (Å²) >= 11 is 0. The molecule has 2 amide bonds. The first-order valence-corrected chi connectivity index (χ1v) is 10.7. The highest BCUT2D eigenvalue weighted by Gasteiger charge is 2.21. The van der Waals surface area contributed by atoms with Gasteiger partial charge in [0.2, 0.25) is 11.8 Å². The van der Waals surface area contributed by atoms with Gasteiger partial charge in [0.05, 0.1) is 13.2 Å². The number of carbonyl (C=O) groups excluding carboxylic acids is 2. The minimum atomic E-state index is -0.0269. The van der Waals surface area contributed by atoms with Crippen molar-refractivity contribution in [1.29, 1.82) is 0 Å². The molecule has 1 aliphatic heterocycles. The molecule has 0 radical (unpaired) electrons. The first-order chi connectivity index (χ1) is 15.0. The number of benzene rings is 2. The van der Waals surface area contributed by atoms with E-state index in [1.807, 2.05) is 68.1 Å². The van der Waals surface area contributed by atoms with E-state index in [1.54, 1.807) is 12.2 Å². The number of ether oxygens (including phenoxy) is 1. The van der Waals surface area contributed by atoms with Gasteiger partial charge >= 0.3 is 0 Å². The Morgan fingerprint density at radius 2 is 1.77 bits per heavy atom. The van der Waals surface area contributed by atoms with Crippen LogP contribution in [-0.2, 0) is 9.59 Å². The maximum Gasteiger partial charge on any atom is 0.246 e. The van der Waals surface area contributed by atoms with Crippen LogP contribution in [0.4, 0.5) is 5.69 Å². The number of para-hydroxylation sites is 1. The lowest BCUT2D eigenvalue weighted by Crippen LogP contribution is -2.50. The molecular weight excluding hydrogens is 390 g/mol. The summed E-state index contributed by atoms with van der Waals surface area (Å²) < 4.78 is 5.60. The summed E-state index contributed by atoms with van der Waals surface area (Å²) in [6.45, 7) is 9.45. The summed E-state index contributed by atoms with van der Waals surface area (Å²) in [5.74, 6) is 0.723. The highest BCUT2D eigenvalue weighted by Crippen LogP contribution is 2.20. The van der Waals surface area contributed by atoms with Crippen molar-refractivity contribution in [3.8, 4) is 5.75 Å². The molecule has 164 valence electrons. The van der Waals surface area contributed by atoms with Crippen LogP contribution in [0, 0.1) is 13.8 Å². The van der Waals surface area contributed by atoms with Crippen LogP contribution in [0.25, 0.3) is 6.08 Å². The van der Waals surface area contributed by atoms with Crippen LogP contribution in [0.5, 0.6) is 5.75 Å². The fourth-order valence-corrected chi connectivity index (χ4v) is 3.58. The summed E-state index contributed by atoms with van der Waals surface area (Å²) in [6, 6.07) is 13.6. The van der Waals surface area contributed by atoms with Gasteiger partial charge < -0.3 is 15.0 Å². The average molecular weight is 422 g/mol. The molecule has 3 rings (SSSR count). The van der Waals surface area contributed by atoms with E-state index in [9.17, 15) is 9.59 Å². The lowest BCUT2D eigenvalue weighted by Gasteiger charge is -2.33. The minimum absolute atomic E-state index is 0.0224. The normalized spacial score (nSPS) is 14.6. The van der Waals surface area contributed by atoms with Crippen molar-refractivity contribution in [3.63, 3.8) is 0 Å². The largest absolute Gasteiger partial charge is 0.493 e. The highest BCUT2D eigenvalue weighted by atomic mass is 16.5. The standard InChI is InChI=1S/C25H31N3O3/c1-4-31-23-11-6-5-9-21(23)12-13-25(30)28-16-14-27(15-17-28)18-24(29)26-22-10-7-8-19(2)20(22)3/h5-13H,4,14-18H2,1-3H3,(H,26,29)/b13-12+. The Hall–Kier alpha value is -3.12. The molecule has 2 aromatic carbocycles. The molecule has 0 unspecified atom stereocenters. The molecule has 0 atom stereocenters. The predicted molar refractivity (Wildman–Crippen MR) is 124 cm³/mol. The van der Waals surface area contributed by atoms with Gasteiger partial charge in [0.1, 0.15) is 5.75 Å². The number of anilines is 1. The molecule has 1 fully saturated rings. The molecule has 31 heavy (non-hydrogen) atoms. The molecule has 1 saturated heterocycles. The quantitative estimate of drug-likeness (QED) is 0.695. The van der Waals surface area contributed by atoms with E-state index >= 15 is 0 Å². The highest BCUT2D eigenvalue weighted by molar-refractivity contribution is 5.93. The lowest BCUT2D eigenvalue weighted by atomic mass is 10.1. The number of aryl methyl sites for hydroxylation is 1. The van der Waals surface area contributed by atoms with Crippen molar-refractivity contribution in [1.82, 2.24) is 9.80 Å². The van der Waals surface area contributed by atoms with Crippen LogP contribution >= 0.6 is 0 Å². The van der Waals surface area contributed by atoms with Crippen LogP contribution in [0.1, 0.15) is 23.6 Å². The molecule has 6 nitrogen and oxygen atoms in total. The smallest absolute Gasteiger partial charge is 0.246 e. The number of nitrogens with zero attached hydrogens (tertiary/aromatic N) is 2. The Balaban J connectivity index is 1.48. The Bertz CT molecular complexity index is 947. The van der Waals surface area contributed by atoms with Gasteiger partial charge in [0, 0.05) is 43.5 Å². The van der Waals surface area contributed by atoms with Gasteiger partial charge in [-0.1, -0.05) is 30.3 Å². The number of amides is 2. The SMILES string of the molecule is CCOc1ccccc1/C=C/C(=O)N1CCN(CC(=O)Nc2cccc(C)c2C)CC1. The zero-order valence-electron chi connectivity index (χ0n) is 18.6. The lowest BCUT2D eigenvalue weighted by molar-refractivity contribution is -0.127. The van der Waals surface area contributed by atoms with Gasteiger partial charge in [-0.25, -0.2) is 0 Å².